The Morgan fingerprint density at radius 1 is 1.56 bits per heavy atom. The Hall–Kier alpha value is -0.590. The summed E-state index contributed by atoms with van der Waals surface area (Å²) in [5.41, 5.74) is 0. The molecule has 1 heterocycles. The van der Waals surface area contributed by atoms with Gasteiger partial charge in [0.1, 0.15) is 0 Å². The first-order valence-electron chi connectivity index (χ1n) is 5.71. The number of carbonyl (C=O) groups is 1. The van der Waals surface area contributed by atoms with Gasteiger partial charge in [0, 0.05) is 25.2 Å². The number of nitrogens with one attached hydrogen (secondary N) is 1. The Labute approximate surface area is 109 Å². The second kappa shape index (κ2) is 5.65. The lowest BCUT2D eigenvalue weighted by atomic mass is 10.2. The van der Waals surface area contributed by atoms with E-state index in [9.17, 15) is 4.79 Å². The maximum Gasteiger partial charge on any atom is 0.222 e. The first kappa shape index (κ1) is 11.9. The van der Waals surface area contributed by atoms with Gasteiger partial charge in [-0.3, -0.25) is 9.48 Å². The third kappa shape index (κ3) is 3.47. The van der Waals surface area contributed by atoms with Crippen LogP contribution in [0.1, 0.15) is 32.1 Å². The van der Waals surface area contributed by atoms with Crippen molar-refractivity contribution in [3.05, 3.63) is 16.0 Å². The van der Waals surface area contributed by atoms with Crippen LogP contribution in [0.3, 0.4) is 0 Å². The first-order chi connectivity index (χ1) is 7.74. The quantitative estimate of drug-likeness (QED) is 0.856. The normalized spacial score (nSPS) is 16.6. The highest BCUT2D eigenvalue weighted by molar-refractivity contribution is 14.1. The van der Waals surface area contributed by atoms with Crippen molar-refractivity contribution in [2.24, 2.45) is 0 Å². The van der Waals surface area contributed by atoms with Crippen molar-refractivity contribution in [3.63, 3.8) is 0 Å². The molecule has 0 atom stereocenters. The second-order valence-electron chi connectivity index (χ2n) is 4.22. The molecule has 0 radical (unpaired) electrons. The fourth-order valence-corrected chi connectivity index (χ4v) is 2.49. The summed E-state index contributed by atoms with van der Waals surface area (Å²) in [7, 11) is 0. The van der Waals surface area contributed by atoms with Gasteiger partial charge in [-0.05, 0) is 35.4 Å². The molecule has 1 aromatic rings. The molecule has 0 unspecified atom stereocenters. The third-order valence-electron chi connectivity index (χ3n) is 2.89. The SMILES string of the molecule is O=C(CCn1cc(I)cn1)NC1CCCC1. The molecule has 0 aromatic carbocycles. The van der Waals surface area contributed by atoms with Crippen LogP contribution in [-0.2, 0) is 11.3 Å². The molecule has 1 N–H and O–H groups in total. The average molecular weight is 333 g/mol. The van der Waals surface area contributed by atoms with E-state index in [0.29, 0.717) is 19.0 Å². The van der Waals surface area contributed by atoms with E-state index < -0.39 is 0 Å². The van der Waals surface area contributed by atoms with Gasteiger partial charge in [-0.2, -0.15) is 5.10 Å². The number of hydrogen-bond donors (Lipinski definition) is 1. The molecule has 1 fully saturated rings. The molecule has 5 heteroatoms. The van der Waals surface area contributed by atoms with Crippen LogP contribution in [-0.4, -0.2) is 21.7 Å². The molecule has 88 valence electrons. The van der Waals surface area contributed by atoms with Crippen LogP contribution in [0.25, 0.3) is 0 Å². The number of hydrogen-bond acceptors (Lipinski definition) is 2. The lowest BCUT2D eigenvalue weighted by molar-refractivity contribution is -0.122. The number of aryl methyl sites for hydroxylation is 1. The molecular formula is C11H16IN3O. The van der Waals surface area contributed by atoms with Crippen molar-refractivity contribution in [2.45, 2.75) is 44.7 Å². The van der Waals surface area contributed by atoms with E-state index in [0.717, 1.165) is 16.4 Å². The lowest BCUT2D eigenvalue weighted by Crippen LogP contribution is -2.33. The minimum atomic E-state index is 0.150. The van der Waals surface area contributed by atoms with Crippen LogP contribution >= 0.6 is 22.6 Å². The van der Waals surface area contributed by atoms with Gasteiger partial charge in [-0.25, -0.2) is 0 Å². The summed E-state index contributed by atoms with van der Waals surface area (Å²) < 4.78 is 2.92. The van der Waals surface area contributed by atoms with Crippen molar-refractivity contribution in [1.82, 2.24) is 15.1 Å². The third-order valence-corrected chi connectivity index (χ3v) is 3.45. The van der Waals surface area contributed by atoms with Gasteiger partial charge < -0.3 is 5.32 Å². The van der Waals surface area contributed by atoms with Gasteiger partial charge in [0.25, 0.3) is 0 Å². The summed E-state index contributed by atoms with van der Waals surface area (Å²) in [6.45, 7) is 0.668. The highest BCUT2D eigenvalue weighted by atomic mass is 127. The summed E-state index contributed by atoms with van der Waals surface area (Å²) in [6, 6.07) is 0.422. The molecule has 0 saturated heterocycles. The molecule has 0 spiro atoms. The zero-order chi connectivity index (χ0) is 11.4. The molecule has 1 amide bonds. The Bertz CT molecular complexity index is 358. The van der Waals surface area contributed by atoms with Crippen LogP contribution in [0.15, 0.2) is 12.4 Å². The smallest absolute Gasteiger partial charge is 0.222 e. The maximum atomic E-state index is 11.6. The van der Waals surface area contributed by atoms with E-state index in [1.807, 2.05) is 10.9 Å². The molecule has 1 aromatic heterocycles. The zero-order valence-electron chi connectivity index (χ0n) is 9.16. The number of amides is 1. The molecular weight excluding hydrogens is 317 g/mol. The summed E-state index contributed by atoms with van der Waals surface area (Å²) in [4.78, 5) is 11.6. The lowest BCUT2D eigenvalue weighted by Gasteiger charge is -2.11. The van der Waals surface area contributed by atoms with E-state index in [4.69, 9.17) is 0 Å². The number of halogens is 1. The topological polar surface area (TPSA) is 46.9 Å². The number of carbonyl (C=O) groups excluding carboxylic acids is 1. The summed E-state index contributed by atoms with van der Waals surface area (Å²) >= 11 is 2.21. The van der Waals surface area contributed by atoms with Crippen molar-refractivity contribution in [3.8, 4) is 0 Å². The number of nitrogens with zero attached hydrogens (tertiary/aromatic N) is 2. The summed E-state index contributed by atoms with van der Waals surface area (Å²) in [5, 5.41) is 7.22. The second-order valence-corrected chi connectivity index (χ2v) is 5.47. The Morgan fingerprint density at radius 2 is 2.31 bits per heavy atom. The van der Waals surface area contributed by atoms with Crippen LogP contribution in [0, 0.1) is 3.57 Å². The molecule has 16 heavy (non-hydrogen) atoms. The summed E-state index contributed by atoms with van der Waals surface area (Å²) in [5.74, 6) is 0.150. The Kier molecular flexibility index (Phi) is 4.20. The van der Waals surface area contributed by atoms with Crippen LogP contribution in [0.5, 0.6) is 0 Å². The summed E-state index contributed by atoms with van der Waals surface area (Å²) in [6.07, 6.45) is 9.06. The maximum absolute atomic E-state index is 11.6. The van der Waals surface area contributed by atoms with E-state index >= 15 is 0 Å². The molecule has 2 rings (SSSR count). The van der Waals surface area contributed by atoms with Gasteiger partial charge in [0.05, 0.1) is 9.77 Å². The zero-order valence-corrected chi connectivity index (χ0v) is 11.3. The highest BCUT2D eigenvalue weighted by Crippen LogP contribution is 2.17. The molecule has 1 saturated carbocycles. The van der Waals surface area contributed by atoms with E-state index in [-0.39, 0.29) is 5.91 Å². The largest absolute Gasteiger partial charge is 0.353 e. The van der Waals surface area contributed by atoms with Crippen LogP contribution < -0.4 is 5.32 Å². The van der Waals surface area contributed by atoms with Crippen molar-refractivity contribution >= 4 is 28.5 Å². The van der Waals surface area contributed by atoms with Gasteiger partial charge in [0.2, 0.25) is 5.91 Å². The highest BCUT2D eigenvalue weighted by Gasteiger charge is 2.16. The molecule has 0 aliphatic heterocycles. The first-order valence-corrected chi connectivity index (χ1v) is 6.79. The average Bonchev–Trinajstić information content (AvgIpc) is 2.87. The molecule has 1 aliphatic carbocycles. The fourth-order valence-electron chi connectivity index (χ4n) is 2.05. The standard InChI is InChI=1S/C11H16IN3O/c12-9-7-13-15(8-9)6-5-11(16)14-10-3-1-2-4-10/h7-8,10H,1-6H2,(H,14,16). The monoisotopic (exact) mass is 333 g/mol. The van der Waals surface area contributed by atoms with Crippen LogP contribution in [0.4, 0.5) is 0 Å². The predicted octanol–water partition coefficient (Wildman–Crippen LogP) is 1.94. The molecule has 1 aliphatic rings. The molecule has 0 bridgehead atoms. The minimum Gasteiger partial charge on any atom is -0.353 e. The van der Waals surface area contributed by atoms with Crippen molar-refractivity contribution in [1.29, 1.82) is 0 Å². The van der Waals surface area contributed by atoms with E-state index in [1.54, 1.807) is 6.20 Å². The van der Waals surface area contributed by atoms with Crippen molar-refractivity contribution in [2.75, 3.05) is 0 Å². The van der Waals surface area contributed by atoms with E-state index in [2.05, 4.69) is 33.0 Å². The number of rotatable bonds is 4. The fraction of sp³-hybridized carbons (Fsp3) is 0.636. The van der Waals surface area contributed by atoms with Crippen LogP contribution in [0.2, 0.25) is 0 Å². The van der Waals surface area contributed by atoms with Gasteiger partial charge >= 0.3 is 0 Å². The van der Waals surface area contributed by atoms with Crippen molar-refractivity contribution < 1.29 is 4.79 Å². The number of aromatic nitrogens is 2. The Balaban J connectivity index is 1.71. The van der Waals surface area contributed by atoms with Gasteiger partial charge in [-0.1, -0.05) is 12.8 Å². The molecule has 4 nitrogen and oxygen atoms in total. The van der Waals surface area contributed by atoms with Gasteiger partial charge in [0.15, 0.2) is 0 Å². The predicted molar refractivity (Wildman–Crippen MR) is 70.0 cm³/mol. The Morgan fingerprint density at radius 3 is 2.94 bits per heavy atom. The minimum absolute atomic E-state index is 0.150. The van der Waals surface area contributed by atoms with E-state index in [1.165, 1.54) is 12.8 Å². The van der Waals surface area contributed by atoms with Gasteiger partial charge in [-0.15, -0.1) is 0 Å².